The molecule has 2 unspecified atom stereocenters. The molecule has 0 radical (unpaired) electrons. The predicted octanol–water partition coefficient (Wildman–Crippen LogP) is 3.10. The van der Waals surface area contributed by atoms with Crippen LogP contribution in [0.5, 0.6) is 0 Å². The molecule has 6 heteroatoms. The minimum absolute atomic E-state index is 0.00340. The number of aryl methyl sites for hydroxylation is 1. The molecular weight excluding hydrogens is 328 g/mol. The summed E-state index contributed by atoms with van der Waals surface area (Å²) in [5.74, 6) is 1.30. The number of furan rings is 1. The summed E-state index contributed by atoms with van der Waals surface area (Å²) in [5.41, 5.74) is 0.602. The smallest absolute Gasteiger partial charge is 0.256 e. The molecule has 0 bridgehead atoms. The van der Waals surface area contributed by atoms with E-state index in [1.54, 1.807) is 23.9 Å². The minimum Gasteiger partial charge on any atom is -0.443 e. The van der Waals surface area contributed by atoms with E-state index in [4.69, 9.17) is 4.42 Å². The lowest BCUT2D eigenvalue weighted by molar-refractivity contribution is 0.0918. The van der Waals surface area contributed by atoms with E-state index in [1.165, 1.54) is 12.8 Å². The first-order valence-electron chi connectivity index (χ1n) is 9.19. The van der Waals surface area contributed by atoms with Gasteiger partial charge in [-0.05, 0) is 51.3 Å². The highest BCUT2D eigenvalue weighted by molar-refractivity contribution is 5.98. The third-order valence-electron chi connectivity index (χ3n) is 4.89. The van der Waals surface area contributed by atoms with E-state index in [0.29, 0.717) is 23.1 Å². The molecule has 3 heterocycles. The molecule has 1 amide bonds. The summed E-state index contributed by atoms with van der Waals surface area (Å²) in [5, 5.41) is 12.6. The summed E-state index contributed by atoms with van der Waals surface area (Å²) in [6.07, 6.45) is 6.07. The molecule has 0 aromatic carbocycles. The van der Waals surface area contributed by atoms with Crippen molar-refractivity contribution in [1.29, 1.82) is 5.26 Å². The molecule has 1 fully saturated rings. The van der Waals surface area contributed by atoms with Crippen LogP contribution in [0.25, 0.3) is 5.88 Å². The topological polar surface area (TPSA) is 74.2 Å². The average molecular weight is 354 g/mol. The summed E-state index contributed by atoms with van der Waals surface area (Å²) >= 11 is 0. The van der Waals surface area contributed by atoms with Gasteiger partial charge in [-0.25, -0.2) is 0 Å². The van der Waals surface area contributed by atoms with Crippen LogP contribution < -0.4 is 5.32 Å². The lowest BCUT2D eigenvalue weighted by atomic mass is 10.00. The SMILES string of the molecule is Cc1oc(-n2cccc2)c(C#N)c1C(=O)NC(C)CN1CCCC(C)C1. The van der Waals surface area contributed by atoms with Gasteiger partial charge in [0.05, 0.1) is 0 Å². The van der Waals surface area contributed by atoms with Crippen LogP contribution in [0.3, 0.4) is 0 Å². The number of nitriles is 1. The Morgan fingerprint density at radius 1 is 1.46 bits per heavy atom. The van der Waals surface area contributed by atoms with Crippen molar-refractivity contribution in [2.75, 3.05) is 19.6 Å². The predicted molar refractivity (Wildman–Crippen MR) is 99.3 cm³/mol. The van der Waals surface area contributed by atoms with Crippen molar-refractivity contribution < 1.29 is 9.21 Å². The fraction of sp³-hybridized carbons (Fsp3) is 0.500. The highest BCUT2D eigenvalue weighted by Gasteiger charge is 2.26. The highest BCUT2D eigenvalue weighted by atomic mass is 16.4. The number of carbonyl (C=O) groups excluding carboxylic acids is 1. The Bertz CT molecular complexity index is 801. The lowest BCUT2D eigenvalue weighted by Gasteiger charge is -2.32. The van der Waals surface area contributed by atoms with Gasteiger partial charge in [0.25, 0.3) is 5.91 Å². The van der Waals surface area contributed by atoms with Crippen molar-refractivity contribution in [2.45, 2.75) is 39.7 Å². The quantitative estimate of drug-likeness (QED) is 0.895. The molecular formula is C20H26N4O2. The summed E-state index contributed by atoms with van der Waals surface area (Å²) in [7, 11) is 0. The maximum Gasteiger partial charge on any atom is 0.256 e. The number of nitrogens with zero attached hydrogens (tertiary/aromatic N) is 3. The number of carbonyl (C=O) groups is 1. The molecule has 2 atom stereocenters. The number of amides is 1. The van der Waals surface area contributed by atoms with Crippen LogP contribution >= 0.6 is 0 Å². The molecule has 1 aliphatic rings. The molecule has 26 heavy (non-hydrogen) atoms. The van der Waals surface area contributed by atoms with Crippen LogP contribution in [0.15, 0.2) is 28.9 Å². The number of hydrogen-bond donors (Lipinski definition) is 1. The summed E-state index contributed by atoms with van der Waals surface area (Å²) < 4.78 is 7.43. The molecule has 0 spiro atoms. The van der Waals surface area contributed by atoms with Gasteiger partial charge in [0.2, 0.25) is 5.88 Å². The molecule has 1 saturated heterocycles. The minimum atomic E-state index is -0.251. The lowest BCUT2D eigenvalue weighted by Crippen LogP contribution is -2.45. The largest absolute Gasteiger partial charge is 0.443 e. The molecule has 0 aliphatic carbocycles. The molecule has 2 aromatic rings. The molecule has 1 N–H and O–H groups in total. The molecule has 1 aliphatic heterocycles. The number of hydrogen-bond acceptors (Lipinski definition) is 4. The van der Waals surface area contributed by atoms with Gasteiger partial charge >= 0.3 is 0 Å². The fourth-order valence-corrected chi connectivity index (χ4v) is 3.74. The van der Waals surface area contributed by atoms with Gasteiger partial charge in [-0.1, -0.05) is 6.92 Å². The van der Waals surface area contributed by atoms with E-state index in [1.807, 2.05) is 19.1 Å². The number of likely N-dealkylation sites (tertiary alicyclic amines) is 1. The second kappa shape index (κ2) is 7.79. The number of aromatic nitrogens is 1. The Morgan fingerprint density at radius 2 is 2.19 bits per heavy atom. The third kappa shape index (κ3) is 3.83. The third-order valence-corrected chi connectivity index (χ3v) is 4.89. The van der Waals surface area contributed by atoms with E-state index >= 15 is 0 Å². The van der Waals surface area contributed by atoms with E-state index in [-0.39, 0.29) is 17.5 Å². The van der Waals surface area contributed by atoms with E-state index in [0.717, 1.165) is 19.6 Å². The summed E-state index contributed by atoms with van der Waals surface area (Å²) in [6.45, 7) is 8.97. The van der Waals surface area contributed by atoms with Crippen molar-refractivity contribution >= 4 is 5.91 Å². The van der Waals surface area contributed by atoms with Gasteiger partial charge in [-0.15, -0.1) is 0 Å². The summed E-state index contributed by atoms with van der Waals surface area (Å²) in [6, 6.07) is 5.83. The monoisotopic (exact) mass is 354 g/mol. The van der Waals surface area contributed by atoms with Crippen LogP contribution in [0, 0.1) is 24.2 Å². The van der Waals surface area contributed by atoms with Crippen LogP contribution in [-0.4, -0.2) is 41.1 Å². The van der Waals surface area contributed by atoms with Crippen LogP contribution in [0.2, 0.25) is 0 Å². The van der Waals surface area contributed by atoms with Gasteiger partial charge in [-0.3, -0.25) is 9.36 Å². The van der Waals surface area contributed by atoms with Crippen LogP contribution in [0.4, 0.5) is 0 Å². The van der Waals surface area contributed by atoms with Gasteiger partial charge < -0.3 is 14.6 Å². The Kier molecular flexibility index (Phi) is 5.48. The van der Waals surface area contributed by atoms with Crippen LogP contribution in [0.1, 0.15) is 48.4 Å². The van der Waals surface area contributed by atoms with Gasteiger partial charge in [0, 0.05) is 31.5 Å². The zero-order valence-corrected chi connectivity index (χ0v) is 15.7. The van der Waals surface area contributed by atoms with Crippen molar-refractivity contribution in [2.24, 2.45) is 5.92 Å². The van der Waals surface area contributed by atoms with Crippen molar-refractivity contribution in [1.82, 2.24) is 14.8 Å². The second-order valence-corrected chi connectivity index (χ2v) is 7.30. The number of piperidine rings is 1. The van der Waals surface area contributed by atoms with E-state index in [2.05, 4.69) is 23.2 Å². The maximum absolute atomic E-state index is 12.8. The van der Waals surface area contributed by atoms with Crippen LogP contribution in [-0.2, 0) is 0 Å². The van der Waals surface area contributed by atoms with Gasteiger partial charge in [-0.2, -0.15) is 5.26 Å². The molecule has 2 aromatic heterocycles. The van der Waals surface area contributed by atoms with Gasteiger partial charge in [0.1, 0.15) is 23.0 Å². The molecule has 6 nitrogen and oxygen atoms in total. The Hall–Kier alpha value is -2.52. The first kappa shape index (κ1) is 18.3. The molecule has 138 valence electrons. The molecule has 0 saturated carbocycles. The Labute approximate surface area is 154 Å². The fourth-order valence-electron chi connectivity index (χ4n) is 3.74. The maximum atomic E-state index is 12.8. The average Bonchev–Trinajstić information content (AvgIpc) is 3.21. The van der Waals surface area contributed by atoms with Crippen molar-refractivity contribution in [3.63, 3.8) is 0 Å². The van der Waals surface area contributed by atoms with E-state index < -0.39 is 0 Å². The molecule has 3 rings (SSSR count). The highest BCUT2D eigenvalue weighted by Crippen LogP contribution is 2.25. The first-order valence-corrected chi connectivity index (χ1v) is 9.19. The van der Waals surface area contributed by atoms with Crippen molar-refractivity contribution in [3.05, 3.63) is 41.4 Å². The standard InChI is InChI=1S/C20H26N4O2/c1-14-7-6-8-23(12-14)13-15(2)22-19(25)18-16(3)26-20(17(18)11-21)24-9-4-5-10-24/h4-5,9-10,14-15H,6-8,12-13H2,1-3H3,(H,22,25). The number of rotatable bonds is 5. The Morgan fingerprint density at radius 3 is 2.85 bits per heavy atom. The Balaban J connectivity index is 1.72. The zero-order valence-electron chi connectivity index (χ0n) is 15.7. The number of nitrogens with one attached hydrogen (secondary N) is 1. The van der Waals surface area contributed by atoms with Gasteiger partial charge in [0.15, 0.2) is 0 Å². The normalized spacial score (nSPS) is 19.1. The van der Waals surface area contributed by atoms with Crippen molar-refractivity contribution in [3.8, 4) is 12.0 Å². The second-order valence-electron chi connectivity index (χ2n) is 7.30. The van der Waals surface area contributed by atoms with E-state index in [9.17, 15) is 10.1 Å². The first-order chi connectivity index (χ1) is 12.5. The zero-order chi connectivity index (χ0) is 18.7. The summed E-state index contributed by atoms with van der Waals surface area (Å²) in [4.78, 5) is 15.2.